The highest BCUT2D eigenvalue weighted by atomic mass is 31.2. The third-order valence-corrected chi connectivity index (χ3v) is 18.6. The second kappa shape index (κ2) is 71.9. The van der Waals surface area contributed by atoms with E-state index in [0.29, 0.717) is 25.7 Å². The second-order valence-corrected chi connectivity index (χ2v) is 29.2. The zero-order valence-electron chi connectivity index (χ0n) is 62.2. The van der Waals surface area contributed by atoms with Crippen LogP contribution in [0.15, 0.2) is 72.9 Å². The Labute approximate surface area is 596 Å². The molecule has 0 saturated heterocycles. The highest BCUT2D eigenvalue weighted by Crippen LogP contribution is 2.45. The molecule has 0 spiro atoms. The average Bonchev–Trinajstić information content (AvgIpc) is 1.04. The largest absolute Gasteiger partial charge is 0.472 e. The van der Waals surface area contributed by atoms with E-state index in [1.165, 1.54) is 109 Å². The molecule has 5 unspecified atom stereocenters. The van der Waals surface area contributed by atoms with E-state index in [2.05, 4.69) is 101 Å². The fourth-order valence-electron chi connectivity index (χ4n) is 10.7. The maximum atomic E-state index is 13.1. The van der Waals surface area contributed by atoms with Crippen LogP contribution in [0, 0.1) is 0 Å². The Hall–Kier alpha value is -3.50. The van der Waals surface area contributed by atoms with Crippen molar-refractivity contribution in [3.8, 4) is 0 Å². The Morgan fingerprint density at radius 3 is 0.857 bits per heavy atom. The van der Waals surface area contributed by atoms with Crippen LogP contribution in [0.3, 0.4) is 0 Å². The van der Waals surface area contributed by atoms with E-state index in [1.54, 1.807) is 0 Å². The molecule has 0 radical (unpaired) electrons. The van der Waals surface area contributed by atoms with Crippen molar-refractivity contribution < 1.29 is 80.2 Å². The van der Waals surface area contributed by atoms with E-state index in [9.17, 15) is 43.2 Å². The lowest BCUT2D eigenvalue weighted by molar-refractivity contribution is -0.161. The van der Waals surface area contributed by atoms with Gasteiger partial charge in [0.1, 0.15) is 19.3 Å². The molecular formula is C79H142O17P2. The van der Waals surface area contributed by atoms with E-state index in [1.807, 2.05) is 0 Å². The predicted octanol–water partition coefficient (Wildman–Crippen LogP) is 22.4. The maximum absolute atomic E-state index is 13.1. The van der Waals surface area contributed by atoms with Crippen molar-refractivity contribution in [3.05, 3.63) is 72.9 Å². The molecule has 5 atom stereocenters. The number of aliphatic hydroxyl groups excluding tert-OH is 1. The molecule has 0 heterocycles. The fourth-order valence-corrected chi connectivity index (χ4v) is 12.3. The second-order valence-electron chi connectivity index (χ2n) is 26.3. The molecule has 0 rings (SSSR count). The van der Waals surface area contributed by atoms with Gasteiger partial charge in [-0.2, -0.15) is 0 Å². The van der Waals surface area contributed by atoms with Gasteiger partial charge in [-0.15, -0.1) is 0 Å². The number of aliphatic hydroxyl groups is 1. The first-order valence-electron chi connectivity index (χ1n) is 39.2. The van der Waals surface area contributed by atoms with Crippen LogP contribution < -0.4 is 0 Å². The monoisotopic (exact) mass is 1420 g/mol. The number of phosphoric acid groups is 2. The Morgan fingerprint density at radius 2 is 0.531 bits per heavy atom. The first kappa shape index (κ1) is 94.5. The molecule has 0 aromatic heterocycles. The molecule has 0 saturated carbocycles. The normalized spacial score (nSPS) is 14.3. The van der Waals surface area contributed by atoms with Gasteiger partial charge in [-0.25, -0.2) is 9.13 Å². The summed E-state index contributed by atoms with van der Waals surface area (Å²) in [5.41, 5.74) is 0. The molecule has 17 nitrogen and oxygen atoms in total. The summed E-state index contributed by atoms with van der Waals surface area (Å²) >= 11 is 0. The number of ether oxygens (including phenoxy) is 4. The Kier molecular flexibility index (Phi) is 69.3. The lowest BCUT2D eigenvalue weighted by Gasteiger charge is -2.21. The molecule has 0 aliphatic heterocycles. The average molecular weight is 1430 g/mol. The highest BCUT2D eigenvalue weighted by Gasteiger charge is 2.30. The number of rotatable bonds is 74. The fraction of sp³-hybridized carbons (Fsp3) is 0.797. The third-order valence-electron chi connectivity index (χ3n) is 16.7. The number of carbonyl (C=O) groups is 4. The van der Waals surface area contributed by atoms with Gasteiger partial charge in [-0.05, 0) is 116 Å². The van der Waals surface area contributed by atoms with Crippen LogP contribution >= 0.6 is 15.6 Å². The summed E-state index contributed by atoms with van der Waals surface area (Å²) in [5.74, 6) is -2.19. The van der Waals surface area contributed by atoms with Gasteiger partial charge in [0.25, 0.3) is 0 Å². The van der Waals surface area contributed by atoms with Crippen molar-refractivity contribution in [3.63, 3.8) is 0 Å². The Balaban J connectivity index is 5.34. The minimum Gasteiger partial charge on any atom is -0.462 e. The van der Waals surface area contributed by atoms with E-state index in [0.717, 1.165) is 161 Å². The van der Waals surface area contributed by atoms with Crippen LogP contribution in [0.25, 0.3) is 0 Å². The lowest BCUT2D eigenvalue weighted by atomic mass is 10.0. The standard InChI is InChI=1S/C79H142O17P2/c1-5-9-13-17-21-25-29-33-36-40-43-47-51-55-59-63-76(81)89-69-74(95-78(83)65-61-57-53-49-45-39-32-28-24-20-16-12-8-4)71-93-97(85,86)91-67-73(80)68-92-98(87,88)94-72-75(96-79(84)66-62-58-54-50-46-42-38-35-31-27-23-19-15-11-7-3)70-90-77(82)64-60-56-52-48-44-41-37-34-30-26-22-18-14-10-6-2/h10,14,21-22,25-26,28,32-34,36-37,73-75,80H,5-9,11-13,15-20,23-24,27,29-31,35,38-72H2,1-4H3,(H,85,86)(H,87,88)/b14-10-,25-21-,26-22-,32-28-,36-33-,37-34-. The Morgan fingerprint density at radius 1 is 0.296 bits per heavy atom. The number of hydrogen-bond acceptors (Lipinski definition) is 15. The molecule has 19 heteroatoms. The molecule has 0 amide bonds. The minimum absolute atomic E-state index is 0.0844. The van der Waals surface area contributed by atoms with Crippen molar-refractivity contribution in [2.24, 2.45) is 0 Å². The summed E-state index contributed by atoms with van der Waals surface area (Å²) < 4.78 is 68.5. The van der Waals surface area contributed by atoms with E-state index in [-0.39, 0.29) is 25.7 Å². The third kappa shape index (κ3) is 70.9. The van der Waals surface area contributed by atoms with Gasteiger partial charge in [-0.3, -0.25) is 37.3 Å². The molecule has 3 N–H and O–H groups in total. The first-order valence-corrected chi connectivity index (χ1v) is 42.2. The summed E-state index contributed by atoms with van der Waals surface area (Å²) in [6.07, 6.45) is 71.6. The van der Waals surface area contributed by atoms with Gasteiger partial charge in [0.2, 0.25) is 0 Å². The highest BCUT2D eigenvalue weighted by molar-refractivity contribution is 7.47. The lowest BCUT2D eigenvalue weighted by Crippen LogP contribution is -2.30. The minimum atomic E-state index is -4.97. The van der Waals surface area contributed by atoms with Crippen molar-refractivity contribution >= 4 is 39.5 Å². The first-order chi connectivity index (χ1) is 47.7. The molecule has 0 fully saturated rings. The number of unbranched alkanes of at least 4 members (excludes halogenated alkanes) is 36. The number of hydrogen-bond donors (Lipinski definition) is 3. The van der Waals surface area contributed by atoms with E-state index < -0.39 is 97.5 Å². The summed E-state index contributed by atoms with van der Waals surface area (Å²) in [6.45, 7) is 4.73. The quantitative estimate of drug-likeness (QED) is 0.0169. The zero-order chi connectivity index (χ0) is 71.8. The van der Waals surface area contributed by atoms with Crippen LogP contribution in [0.1, 0.15) is 349 Å². The van der Waals surface area contributed by atoms with Crippen molar-refractivity contribution in [1.82, 2.24) is 0 Å². The number of allylic oxidation sites excluding steroid dienone is 12. The zero-order valence-corrected chi connectivity index (χ0v) is 64.0. The molecule has 0 aromatic carbocycles. The summed E-state index contributed by atoms with van der Waals surface area (Å²) in [4.78, 5) is 72.9. The molecule has 98 heavy (non-hydrogen) atoms. The van der Waals surface area contributed by atoms with Gasteiger partial charge in [0, 0.05) is 25.7 Å². The van der Waals surface area contributed by atoms with E-state index >= 15 is 0 Å². The van der Waals surface area contributed by atoms with Crippen LogP contribution in [-0.4, -0.2) is 96.7 Å². The van der Waals surface area contributed by atoms with Crippen molar-refractivity contribution in [1.29, 1.82) is 0 Å². The predicted molar refractivity (Wildman–Crippen MR) is 400 cm³/mol. The van der Waals surface area contributed by atoms with Gasteiger partial charge >= 0.3 is 39.5 Å². The van der Waals surface area contributed by atoms with Crippen molar-refractivity contribution in [2.45, 2.75) is 367 Å². The maximum Gasteiger partial charge on any atom is 0.472 e. The van der Waals surface area contributed by atoms with Gasteiger partial charge < -0.3 is 33.8 Å². The molecule has 0 aromatic rings. The number of phosphoric ester groups is 2. The molecule has 0 aliphatic carbocycles. The van der Waals surface area contributed by atoms with Crippen LogP contribution in [0.5, 0.6) is 0 Å². The molecule has 570 valence electrons. The van der Waals surface area contributed by atoms with Crippen molar-refractivity contribution in [2.75, 3.05) is 39.6 Å². The van der Waals surface area contributed by atoms with Gasteiger partial charge in [0.15, 0.2) is 12.2 Å². The molecule has 0 aliphatic rings. The van der Waals surface area contributed by atoms with Gasteiger partial charge in [0.05, 0.1) is 26.4 Å². The Bertz CT molecular complexity index is 2140. The number of carbonyl (C=O) groups excluding carboxylic acids is 4. The van der Waals surface area contributed by atoms with Crippen LogP contribution in [0.4, 0.5) is 0 Å². The van der Waals surface area contributed by atoms with Gasteiger partial charge in [-0.1, -0.05) is 280 Å². The van der Waals surface area contributed by atoms with E-state index in [4.69, 9.17) is 37.0 Å². The summed E-state index contributed by atoms with van der Waals surface area (Å²) in [5, 5.41) is 10.6. The van der Waals surface area contributed by atoms with Crippen LogP contribution in [0.2, 0.25) is 0 Å². The summed E-state index contributed by atoms with van der Waals surface area (Å²) in [7, 11) is -9.95. The molecule has 0 bridgehead atoms. The number of esters is 4. The summed E-state index contributed by atoms with van der Waals surface area (Å²) in [6, 6.07) is 0. The topological polar surface area (TPSA) is 237 Å². The van der Waals surface area contributed by atoms with Crippen LogP contribution in [-0.2, 0) is 65.4 Å². The smallest absolute Gasteiger partial charge is 0.462 e. The molecular weight excluding hydrogens is 1280 g/mol. The SMILES string of the molecule is CC/C=C\C/C=C\C/C=C\CCCCCCCC(=O)OCC(COP(=O)(O)OCC(O)COP(=O)(O)OCC(COC(=O)CCCCCCC/C=C\C/C=C\CCCCC)OC(=O)CCCCCCC/C=C\CCCCCC)OC(=O)CCCCCCCCCCCCCCCCC.